The van der Waals surface area contributed by atoms with E-state index in [1.807, 2.05) is 5.32 Å². The van der Waals surface area contributed by atoms with Crippen LogP contribution >= 0.6 is 11.3 Å². The minimum atomic E-state index is -5.56. The maximum absolute atomic E-state index is 13.2. The minimum absolute atomic E-state index is 0.00447. The highest BCUT2D eigenvalue weighted by molar-refractivity contribution is 7.10. The van der Waals surface area contributed by atoms with E-state index < -0.39 is 18.1 Å². The second-order valence-corrected chi connectivity index (χ2v) is 4.26. The van der Waals surface area contributed by atoms with Gasteiger partial charge in [-0.2, -0.15) is 22.0 Å². The molecule has 1 heterocycles. The molecule has 0 bridgehead atoms. The number of thiophene rings is 1. The summed E-state index contributed by atoms with van der Waals surface area (Å²) in [4.78, 5) is 0.00447. The first-order chi connectivity index (χ1) is 7.21. The molecule has 1 aromatic rings. The highest BCUT2D eigenvalue weighted by Crippen LogP contribution is 2.46. The molecule has 1 nitrogen and oxygen atoms in total. The number of hydrogen-bond acceptors (Lipinski definition) is 2. The van der Waals surface area contributed by atoms with Gasteiger partial charge in [0.25, 0.3) is 0 Å². The molecule has 0 aromatic carbocycles. The average molecular weight is 259 g/mol. The van der Waals surface area contributed by atoms with Crippen molar-refractivity contribution in [3.63, 3.8) is 0 Å². The second kappa shape index (κ2) is 4.29. The Balaban J connectivity index is 3.14. The molecule has 1 aromatic heterocycles. The molecule has 1 N–H and O–H groups in total. The predicted octanol–water partition coefficient (Wildman–Crippen LogP) is 3.51. The average Bonchev–Trinajstić information content (AvgIpc) is 2.51. The van der Waals surface area contributed by atoms with E-state index in [0.29, 0.717) is 5.56 Å². The van der Waals surface area contributed by atoms with Gasteiger partial charge in [0, 0.05) is 4.88 Å². The smallest absolute Gasteiger partial charge is 0.307 e. The number of aryl methyl sites for hydroxylation is 1. The van der Waals surface area contributed by atoms with E-state index in [1.165, 1.54) is 18.4 Å². The van der Waals surface area contributed by atoms with Crippen molar-refractivity contribution in [3.05, 3.63) is 21.9 Å². The van der Waals surface area contributed by atoms with Crippen LogP contribution in [-0.4, -0.2) is 19.1 Å². The first-order valence-electron chi connectivity index (χ1n) is 4.37. The predicted molar refractivity (Wildman–Crippen MR) is 51.9 cm³/mol. The van der Waals surface area contributed by atoms with Gasteiger partial charge in [-0.3, -0.25) is 0 Å². The van der Waals surface area contributed by atoms with Crippen LogP contribution in [0.25, 0.3) is 0 Å². The van der Waals surface area contributed by atoms with Crippen LogP contribution in [0.2, 0.25) is 0 Å². The molecule has 0 aliphatic rings. The Labute approximate surface area is 93.3 Å². The zero-order valence-corrected chi connectivity index (χ0v) is 9.35. The molecule has 0 fully saturated rings. The van der Waals surface area contributed by atoms with Crippen LogP contribution in [0.3, 0.4) is 0 Å². The van der Waals surface area contributed by atoms with E-state index in [2.05, 4.69) is 0 Å². The van der Waals surface area contributed by atoms with E-state index >= 15 is 0 Å². The topological polar surface area (TPSA) is 12.0 Å². The largest absolute Gasteiger partial charge is 0.455 e. The highest BCUT2D eigenvalue weighted by atomic mass is 32.1. The van der Waals surface area contributed by atoms with Gasteiger partial charge < -0.3 is 5.32 Å². The Morgan fingerprint density at radius 1 is 1.25 bits per heavy atom. The first-order valence-corrected chi connectivity index (χ1v) is 5.25. The van der Waals surface area contributed by atoms with Gasteiger partial charge in [0.15, 0.2) is 0 Å². The Bertz CT molecular complexity index is 357. The quantitative estimate of drug-likeness (QED) is 0.819. The van der Waals surface area contributed by atoms with Crippen LogP contribution in [0, 0.1) is 6.92 Å². The van der Waals surface area contributed by atoms with Gasteiger partial charge in [-0.05, 0) is 31.0 Å². The van der Waals surface area contributed by atoms with Crippen molar-refractivity contribution in [2.75, 3.05) is 7.05 Å². The summed E-state index contributed by atoms with van der Waals surface area (Å²) in [5.74, 6) is -4.78. The lowest BCUT2D eigenvalue weighted by Gasteiger charge is -2.28. The number of hydrogen-bond donors (Lipinski definition) is 1. The summed E-state index contributed by atoms with van der Waals surface area (Å²) < 4.78 is 62.9. The lowest BCUT2D eigenvalue weighted by Crippen LogP contribution is -2.46. The number of nitrogens with one attached hydrogen (secondary N) is 1. The summed E-state index contributed by atoms with van der Waals surface area (Å²) in [5, 5.41) is 3.52. The van der Waals surface area contributed by atoms with Crippen molar-refractivity contribution >= 4 is 11.3 Å². The van der Waals surface area contributed by atoms with Crippen molar-refractivity contribution in [2.24, 2.45) is 0 Å². The third-order valence-corrected chi connectivity index (χ3v) is 3.28. The summed E-state index contributed by atoms with van der Waals surface area (Å²) in [5.41, 5.74) is 0.424. The van der Waals surface area contributed by atoms with Gasteiger partial charge in [-0.1, -0.05) is 0 Å². The molecule has 0 amide bonds. The first kappa shape index (κ1) is 13.4. The summed E-state index contributed by atoms with van der Waals surface area (Å²) >= 11 is 0.883. The molecule has 92 valence electrons. The molecule has 16 heavy (non-hydrogen) atoms. The van der Waals surface area contributed by atoms with Gasteiger partial charge in [0.05, 0.1) is 0 Å². The molecular formula is C9H10F5NS. The molecule has 0 spiro atoms. The zero-order valence-electron chi connectivity index (χ0n) is 8.53. The van der Waals surface area contributed by atoms with Crippen LogP contribution < -0.4 is 5.32 Å². The van der Waals surface area contributed by atoms with Crippen molar-refractivity contribution < 1.29 is 22.0 Å². The fourth-order valence-electron chi connectivity index (χ4n) is 1.32. The molecule has 0 aliphatic carbocycles. The van der Waals surface area contributed by atoms with E-state index in [-0.39, 0.29) is 4.88 Å². The van der Waals surface area contributed by atoms with Crippen LogP contribution in [0.1, 0.15) is 16.5 Å². The number of rotatable bonds is 3. The van der Waals surface area contributed by atoms with Crippen LogP contribution in [0.4, 0.5) is 22.0 Å². The summed E-state index contributed by atoms with van der Waals surface area (Å²) in [6.07, 6.45) is -5.56. The van der Waals surface area contributed by atoms with Gasteiger partial charge in [0.2, 0.25) is 0 Å². The third kappa shape index (κ3) is 2.20. The maximum atomic E-state index is 13.2. The molecule has 0 saturated carbocycles. The van der Waals surface area contributed by atoms with Gasteiger partial charge in [-0.15, -0.1) is 11.3 Å². The maximum Gasteiger partial charge on any atom is 0.455 e. The molecule has 0 saturated heterocycles. The lowest BCUT2D eigenvalue weighted by atomic mass is 10.1. The molecular weight excluding hydrogens is 249 g/mol. The fraction of sp³-hybridized carbons (Fsp3) is 0.556. The molecule has 0 aliphatic heterocycles. The minimum Gasteiger partial charge on any atom is -0.307 e. The lowest BCUT2D eigenvalue weighted by molar-refractivity contribution is -0.293. The SMILES string of the molecule is CNC(c1sccc1C)C(F)(F)C(F)(F)F. The normalized spacial score (nSPS) is 15.2. The van der Waals surface area contributed by atoms with Gasteiger partial charge in [0.1, 0.15) is 6.04 Å². The number of alkyl halides is 5. The van der Waals surface area contributed by atoms with E-state index in [4.69, 9.17) is 0 Å². The molecule has 1 unspecified atom stereocenters. The monoisotopic (exact) mass is 259 g/mol. The number of halogens is 5. The van der Waals surface area contributed by atoms with E-state index in [0.717, 1.165) is 18.4 Å². The van der Waals surface area contributed by atoms with Gasteiger partial charge >= 0.3 is 12.1 Å². The summed E-state index contributed by atoms with van der Waals surface area (Å²) in [6, 6.07) is -0.524. The van der Waals surface area contributed by atoms with Gasteiger partial charge in [-0.25, -0.2) is 0 Å². The molecule has 7 heteroatoms. The molecule has 0 radical (unpaired) electrons. The molecule has 1 atom stereocenters. The van der Waals surface area contributed by atoms with Crippen LogP contribution in [0.5, 0.6) is 0 Å². The highest BCUT2D eigenvalue weighted by Gasteiger charge is 2.62. The van der Waals surface area contributed by atoms with Crippen molar-refractivity contribution in [3.8, 4) is 0 Å². The van der Waals surface area contributed by atoms with Crippen LogP contribution in [0.15, 0.2) is 11.4 Å². The van der Waals surface area contributed by atoms with Crippen LogP contribution in [-0.2, 0) is 0 Å². The Kier molecular flexibility index (Phi) is 3.59. The molecule has 1 rings (SSSR count). The fourth-order valence-corrected chi connectivity index (χ4v) is 2.40. The Hall–Kier alpha value is -0.690. The standard InChI is InChI=1S/C9H10F5NS/c1-5-3-4-16-6(5)7(15-2)8(10,11)9(12,13)14/h3-4,7,15H,1-2H3. The van der Waals surface area contributed by atoms with E-state index in [1.54, 1.807) is 0 Å². The Morgan fingerprint density at radius 3 is 2.12 bits per heavy atom. The van der Waals surface area contributed by atoms with Crippen molar-refractivity contribution in [2.45, 2.75) is 25.1 Å². The van der Waals surface area contributed by atoms with Crippen molar-refractivity contribution in [1.29, 1.82) is 0 Å². The summed E-state index contributed by atoms with van der Waals surface area (Å²) in [7, 11) is 1.09. The third-order valence-electron chi connectivity index (χ3n) is 2.19. The second-order valence-electron chi connectivity index (χ2n) is 3.31. The Morgan fingerprint density at radius 2 is 1.81 bits per heavy atom. The zero-order chi connectivity index (χ0) is 12.6. The van der Waals surface area contributed by atoms with E-state index in [9.17, 15) is 22.0 Å². The summed E-state index contributed by atoms with van der Waals surface area (Å²) in [6.45, 7) is 1.50. The van der Waals surface area contributed by atoms with Crippen molar-refractivity contribution in [1.82, 2.24) is 5.32 Å².